The van der Waals surface area contributed by atoms with Crippen LogP contribution in [-0.4, -0.2) is 42.4 Å². The first kappa shape index (κ1) is 14.0. The fourth-order valence-corrected chi connectivity index (χ4v) is 1.75. The first-order valence-corrected chi connectivity index (χ1v) is 6.22. The second kappa shape index (κ2) is 7.33. The smallest absolute Gasteiger partial charge is 0.157 e. The van der Waals surface area contributed by atoms with Gasteiger partial charge in [0.1, 0.15) is 6.17 Å². The maximum absolute atomic E-state index is 13.0. The van der Waals surface area contributed by atoms with Crippen LogP contribution in [0.5, 0.6) is 0 Å². The molecule has 0 aromatic rings. The topological polar surface area (TPSA) is 32.7 Å². The molecule has 17 heavy (non-hydrogen) atoms. The summed E-state index contributed by atoms with van der Waals surface area (Å²) in [5.74, 6) is 0.645. The Hall–Kier alpha value is -1.03. The van der Waals surface area contributed by atoms with Gasteiger partial charge in [-0.1, -0.05) is 6.92 Å². The van der Waals surface area contributed by atoms with Crippen LogP contribution in [0.4, 0.5) is 4.39 Å². The van der Waals surface area contributed by atoms with Crippen molar-refractivity contribution in [2.45, 2.75) is 32.9 Å². The van der Waals surface area contributed by atoms with Crippen LogP contribution in [0.2, 0.25) is 0 Å². The van der Waals surface area contributed by atoms with E-state index < -0.39 is 6.17 Å². The SMILES string of the molecule is C/C=C(O)\C(=C/CN1CC[C@@H](F)C1)OCCC. The molecule has 1 N–H and O–H groups in total. The molecule has 0 saturated carbocycles. The lowest BCUT2D eigenvalue weighted by atomic mass is 10.3. The van der Waals surface area contributed by atoms with Gasteiger partial charge >= 0.3 is 0 Å². The van der Waals surface area contributed by atoms with E-state index in [1.807, 2.05) is 17.9 Å². The molecule has 1 aliphatic heterocycles. The molecule has 0 unspecified atom stereocenters. The lowest BCUT2D eigenvalue weighted by Gasteiger charge is -2.14. The number of nitrogens with zero attached hydrogens (tertiary/aromatic N) is 1. The highest BCUT2D eigenvalue weighted by atomic mass is 19.1. The first-order valence-electron chi connectivity index (χ1n) is 6.22. The van der Waals surface area contributed by atoms with Crippen molar-refractivity contribution in [3.63, 3.8) is 0 Å². The lowest BCUT2D eigenvalue weighted by molar-refractivity contribution is 0.191. The second-order valence-electron chi connectivity index (χ2n) is 4.24. The summed E-state index contributed by atoms with van der Waals surface area (Å²) < 4.78 is 18.4. The molecule has 1 rings (SSSR count). The van der Waals surface area contributed by atoms with Crippen molar-refractivity contribution in [1.82, 2.24) is 4.90 Å². The molecule has 0 radical (unpaired) electrons. The van der Waals surface area contributed by atoms with Crippen molar-refractivity contribution in [1.29, 1.82) is 0 Å². The number of ether oxygens (including phenoxy) is 1. The molecule has 3 nitrogen and oxygen atoms in total. The van der Waals surface area contributed by atoms with Crippen LogP contribution in [0.15, 0.2) is 23.7 Å². The van der Waals surface area contributed by atoms with Crippen LogP contribution in [-0.2, 0) is 4.74 Å². The molecule has 1 saturated heterocycles. The average Bonchev–Trinajstić information content (AvgIpc) is 2.74. The monoisotopic (exact) mass is 243 g/mol. The van der Waals surface area contributed by atoms with Crippen LogP contribution in [0.3, 0.4) is 0 Å². The van der Waals surface area contributed by atoms with E-state index in [1.54, 1.807) is 13.0 Å². The van der Waals surface area contributed by atoms with Gasteiger partial charge in [0, 0.05) is 19.6 Å². The maximum atomic E-state index is 13.0. The molecule has 0 aromatic heterocycles. The molecule has 0 aromatic carbocycles. The number of alkyl halides is 1. The van der Waals surface area contributed by atoms with Gasteiger partial charge in [-0.2, -0.15) is 0 Å². The Morgan fingerprint density at radius 3 is 2.88 bits per heavy atom. The third kappa shape index (κ3) is 4.77. The van der Waals surface area contributed by atoms with E-state index in [-0.39, 0.29) is 5.76 Å². The number of aliphatic hydroxyl groups is 1. The van der Waals surface area contributed by atoms with Gasteiger partial charge in [0.15, 0.2) is 11.5 Å². The number of hydrogen-bond acceptors (Lipinski definition) is 3. The standard InChI is InChI=1S/C13H22FNO2/c1-3-9-17-13(12(16)4-2)6-8-15-7-5-11(14)10-15/h4,6,11,16H,3,5,7-10H2,1-2H3/b12-4+,13-6+/t11-/m1/s1. The quantitative estimate of drug-likeness (QED) is 0.575. The molecular weight excluding hydrogens is 221 g/mol. The fourth-order valence-electron chi connectivity index (χ4n) is 1.75. The second-order valence-corrected chi connectivity index (χ2v) is 4.24. The average molecular weight is 243 g/mol. The zero-order valence-corrected chi connectivity index (χ0v) is 10.7. The third-order valence-electron chi connectivity index (χ3n) is 2.74. The number of hydrogen-bond donors (Lipinski definition) is 1. The van der Waals surface area contributed by atoms with Crippen molar-refractivity contribution >= 4 is 0 Å². The first-order chi connectivity index (χ1) is 8.17. The van der Waals surface area contributed by atoms with Crippen molar-refractivity contribution < 1.29 is 14.2 Å². The fraction of sp³-hybridized carbons (Fsp3) is 0.692. The summed E-state index contributed by atoms with van der Waals surface area (Å²) in [6, 6.07) is 0. The maximum Gasteiger partial charge on any atom is 0.157 e. The molecule has 0 amide bonds. The van der Waals surface area contributed by atoms with Crippen molar-refractivity contribution in [2.75, 3.05) is 26.2 Å². The van der Waals surface area contributed by atoms with Crippen LogP contribution < -0.4 is 0 Å². The Morgan fingerprint density at radius 1 is 1.59 bits per heavy atom. The minimum atomic E-state index is -0.710. The van der Waals surface area contributed by atoms with Crippen LogP contribution in [0.1, 0.15) is 26.7 Å². The highest BCUT2D eigenvalue weighted by Gasteiger charge is 2.20. The van der Waals surface area contributed by atoms with Gasteiger partial charge in [-0.05, 0) is 31.9 Å². The van der Waals surface area contributed by atoms with Gasteiger partial charge in [0.25, 0.3) is 0 Å². The zero-order valence-electron chi connectivity index (χ0n) is 10.7. The third-order valence-corrected chi connectivity index (χ3v) is 2.74. The molecule has 0 spiro atoms. The Kier molecular flexibility index (Phi) is 6.05. The summed E-state index contributed by atoms with van der Waals surface area (Å²) in [6.07, 6.45) is 4.21. The predicted octanol–water partition coefficient (Wildman–Crippen LogP) is 2.80. The van der Waals surface area contributed by atoms with Crippen molar-refractivity contribution in [2.24, 2.45) is 0 Å². The molecule has 1 heterocycles. The Balaban J connectivity index is 2.50. The molecule has 0 bridgehead atoms. The van der Waals surface area contributed by atoms with Gasteiger partial charge in [0.05, 0.1) is 6.61 Å². The van der Waals surface area contributed by atoms with Gasteiger partial charge in [-0.3, -0.25) is 4.90 Å². The number of allylic oxidation sites excluding steroid dienone is 1. The normalized spacial score (nSPS) is 23.1. The van der Waals surface area contributed by atoms with Crippen molar-refractivity contribution in [3.05, 3.63) is 23.7 Å². The van der Waals surface area contributed by atoms with E-state index in [1.165, 1.54) is 0 Å². The summed E-state index contributed by atoms with van der Waals surface area (Å²) in [6.45, 7) is 6.22. The van der Waals surface area contributed by atoms with Crippen LogP contribution in [0, 0.1) is 0 Å². The molecule has 1 fully saturated rings. The number of rotatable bonds is 6. The minimum absolute atomic E-state index is 0.148. The van der Waals surface area contributed by atoms with Gasteiger partial charge in [-0.15, -0.1) is 0 Å². The molecule has 4 heteroatoms. The Morgan fingerprint density at radius 2 is 2.35 bits per heavy atom. The summed E-state index contributed by atoms with van der Waals surface area (Å²) in [7, 11) is 0. The van der Waals surface area contributed by atoms with E-state index in [0.29, 0.717) is 31.9 Å². The van der Waals surface area contributed by atoms with Crippen molar-refractivity contribution in [3.8, 4) is 0 Å². The summed E-state index contributed by atoms with van der Waals surface area (Å²) in [4.78, 5) is 2.02. The molecule has 0 aliphatic carbocycles. The van der Waals surface area contributed by atoms with E-state index in [9.17, 15) is 9.50 Å². The van der Waals surface area contributed by atoms with E-state index in [2.05, 4.69) is 0 Å². The number of halogens is 1. The number of aliphatic hydroxyl groups excluding tert-OH is 1. The summed E-state index contributed by atoms with van der Waals surface area (Å²) in [5, 5.41) is 9.65. The van der Waals surface area contributed by atoms with Gasteiger partial charge in [-0.25, -0.2) is 4.39 Å². The number of likely N-dealkylation sites (tertiary alicyclic amines) is 1. The van der Waals surface area contributed by atoms with Crippen LogP contribution in [0.25, 0.3) is 0 Å². The molecule has 1 aliphatic rings. The summed E-state index contributed by atoms with van der Waals surface area (Å²) in [5.41, 5.74) is 0. The van der Waals surface area contributed by atoms with E-state index in [4.69, 9.17) is 4.74 Å². The minimum Gasteiger partial charge on any atom is -0.504 e. The van der Waals surface area contributed by atoms with Gasteiger partial charge in [0.2, 0.25) is 0 Å². The Bertz CT molecular complexity index is 289. The van der Waals surface area contributed by atoms with E-state index in [0.717, 1.165) is 13.0 Å². The largest absolute Gasteiger partial charge is 0.504 e. The molecule has 98 valence electrons. The highest BCUT2D eigenvalue weighted by Crippen LogP contribution is 2.14. The van der Waals surface area contributed by atoms with E-state index >= 15 is 0 Å². The zero-order chi connectivity index (χ0) is 12.7. The predicted molar refractivity (Wildman–Crippen MR) is 66.7 cm³/mol. The van der Waals surface area contributed by atoms with Gasteiger partial charge < -0.3 is 9.84 Å². The highest BCUT2D eigenvalue weighted by molar-refractivity contribution is 5.18. The Labute approximate surface area is 103 Å². The van der Waals surface area contributed by atoms with Crippen LogP contribution >= 0.6 is 0 Å². The molecule has 1 atom stereocenters. The summed E-state index contributed by atoms with van der Waals surface area (Å²) >= 11 is 0. The lowest BCUT2D eigenvalue weighted by Crippen LogP contribution is -2.21. The molecular formula is C13H22FNO2.